The van der Waals surface area contributed by atoms with Crippen LogP contribution in [-0.2, 0) is 29.0 Å². The first-order valence-electron chi connectivity index (χ1n) is 16.6. The SMILES string of the molecule is C=CCNC(=O)C(=O)C(CCC)NC(=O)C1[C@H]2C[C@@H](CN1C(=O)[C@@H](NC(=O)NC1(CS(C)(=O)=O)CCCCC1)C(C)(C)C)C2(C)C. The highest BCUT2D eigenvalue weighted by molar-refractivity contribution is 7.90. The van der Waals surface area contributed by atoms with E-state index in [1.807, 2.05) is 27.7 Å². The minimum atomic E-state index is -3.39. The van der Waals surface area contributed by atoms with Crippen LogP contribution in [0.1, 0.15) is 92.9 Å². The summed E-state index contributed by atoms with van der Waals surface area (Å²) in [6, 6.07) is -3.61. The number of rotatable bonds is 13. The van der Waals surface area contributed by atoms with Crippen molar-refractivity contribution in [3.05, 3.63) is 12.7 Å². The minimum absolute atomic E-state index is 0.115. The average Bonchev–Trinajstić information content (AvgIpc) is 2.95. The number of ketones is 1. The van der Waals surface area contributed by atoms with Crippen molar-refractivity contribution in [2.24, 2.45) is 22.7 Å². The first kappa shape index (κ1) is 37.5. The molecule has 0 aromatic heterocycles. The molecule has 12 nitrogen and oxygen atoms in total. The molecule has 260 valence electrons. The fourth-order valence-corrected chi connectivity index (χ4v) is 8.87. The van der Waals surface area contributed by atoms with E-state index in [-0.39, 0.29) is 36.0 Å². The highest BCUT2D eigenvalue weighted by atomic mass is 32.2. The van der Waals surface area contributed by atoms with Crippen LogP contribution in [0, 0.1) is 22.7 Å². The van der Waals surface area contributed by atoms with Gasteiger partial charge in [0.2, 0.25) is 17.6 Å². The van der Waals surface area contributed by atoms with Crippen molar-refractivity contribution in [1.82, 2.24) is 26.2 Å². The number of nitrogens with one attached hydrogen (secondary N) is 4. The monoisotopic (exact) mass is 665 g/mol. The van der Waals surface area contributed by atoms with Crippen molar-refractivity contribution in [2.75, 3.05) is 25.1 Å². The summed E-state index contributed by atoms with van der Waals surface area (Å²) in [4.78, 5) is 69.0. The van der Waals surface area contributed by atoms with Gasteiger partial charge in [0.25, 0.3) is 5.91 Å². The fraction of sp³-hybridized carbons (Fsp3) is 0.788. The molecule has 5 atom stereocenters. The lowest BCUT2D eigenvalue weighted by Gasteiger charge is -2.63. The van der Waals surface area contributed by atoms with E-state index in [9.17, 15) is 32.4 Å². The number of hydrogen-bond acceptors (Lipinski definition) is 7. The maximum absolute atomic E-state index is 14.4. The topological polar surface area (TPSA) is 171 Å². The molecule has 0 aromatic carbocycles. The zero-order valence-electron chi connectivity index (χ0n) is 28.7. The number of nitrogens with zero attached hydrogens (tertiary/aromatic N) is 1. The quantitative estimate of drug-likeness (QED) is 0.173. The Morgan fingerprint density at radius 3 is 2.20 bits per heavy atom. The molecule has 0 spiro atoms. The number of hydrogen-bond donors (Lipinski definition) is 4. The van der Waals surface area contributed by atoms with E-state index in [4.69, 9.17) is 0 Å². The van der Waals surface area contributed by atoms with Crippen LogP contribution in [0.4, 0.5) is 4.79 Å². The van der Waals surface area contributed by atoms with Crippen molar-refractivity contribution in [3.63, 3.8) is 0 Å². The summed E-state index contributed by atoms with van der Waals surface area (Å²) in [6.07, 6.45) is 7.74. The molecular formula is C33H55N5O7S. The van der Waals surface area contributed by atoms with Crippen LogP contribution in [0.2, 0.25) is 0 Å². The van der Waals surface area contributed by atoms with Gasteiger partial charge in [-0.3, -0.25) is 19.2 Å². The first-order chi connectivity index (χ1) is 21.3. The Bertz CT molecular complexity index is 1300. The lowest BCUT2D eigenvalue weighted by Crippen LogP contribution is -2.73. The van der Waals surface area contributed by atoms with E-state index in [1.165, 1.54) is 11.0 Å². The number of carbonyl (C=O) groups is 5. The summed E-state index contributed by atoms with van der Waals surface area (Å²) in [7, 11) is -3.39. The van der Waals surface area contributed by atoms with Gasteiger partial charge in [0.15, 0.2) is 0 Å². The molecule has 0 radical (unpaired) electrons. The number of amides is 5. The predicted octanol–water partition coefficient (Wildman–Crippen LogP) is 2.48. The van der Waals surface area contributed by atoms with Gasteiger partial charge < -0.3 is 26.2 Å². The van der Waals surface area contributed by atoms with E-state index >= 15 is 0 Å². The molecular weight excluding hydrogens is 610 g/mol. The molecule has 0 aromatic rings. The Labute approximate surface area is 274 Å². The molecule has 4 rings (SSSR count). The lowest BCUT2D eigenvalue weighted by atomic mass is 9.49. The van der Waals surface area contributed by atoms with E-state index in [1.54, 1.807) is 0 Å². The van der Waals surface area contributed by atoms with Crippen LogP contribution in [0.25, 0.3) is 0 Å². The third-order valence-electron chi connectivity index (χ3n) is 10.2. The highest BCUT2D eigenvalue weighted by Gasteiger charge is 2.61. The molecule has 2 unspecified atom stereocenters. The Kier molecular flexibility index (Phi) is 11.8. The van der Waals surface area contributed by atoms with Crippen LogP contribution in [0.5, 0.6) is 0 Å². The predicted molar refractivity (Wildman–Crippen MR) is 176 cm³/mol. The molecule has 4 N–H and O–H groups in total. The van der Waals surface area contributed by atoms with Crippen LogP contribution >= 0.6 is 0 Å². The van der Waals surface area contributed by atoms with Crippen molar-refractivity contribution in [3.8, 4) is 0 Å². The van der Waals surface area contributed by atoms with E-state index in [2.05, 4.69) is 41.7 Å². The fourth-order valence-electron chi connectivity index (χ4n) is 7.50. The minimum Gasteiger partial charge on any atom is -0.346 e. The summed E-state index contributed by atoms with van der Waals surface area (Å²) in [5, 5.41) is 11.1. The van der Waals surface area contributed by atoms with Gasteiger partial charge in [0, 0.05) is 19.3 Å². The summed E-state index contributed by atoms with van der Waals surface area (Å²) < 4.78 is 24.6. The number of piperidine rings is 2. The molecule has 13 heteroatoms. The third-order valence-corrected chi connectivity index (χ3v) is 11.3. The van der Waals surface area contributed by atoms with Gasteiger partial charge >= 0.3 is 6.03 Å². The average molecular weight is 666 g/mol. The largest absolute Gasteiger partial charge is 0.346 e. The molecule has 2 aliphatic carbocycles. The molecule has 4 aliphatic rings. The maximum atomic E-state index is 14.4. The molecule has 2 saturated heterocycles. The van der Waals surface area contributed by atoms with Gasteiger partial charge in [-0.2, -0.15) is 0 Å². The summed E-state index contributed by atoms with van der Waals surface area (Å²) in [5.41, 5.74) is -1.90. The normalized spacial score (nSPS) is 24.8. The summed E-state index contributed by atoms with van der Waals surface area (Å²) >= 11 is 0. The highest BCUT2D eigenvalue weighted by Crippen LogP contribution is 2.57. The van der Waals surface area contributed by atoms with Gasteiger partial charge in [-0.05, 0) is 48.3 Å². The summed E-state index contributed by atoms with van der Waals surface area (Å²) in [5.74, 6) is -2.70. The maximum Gasteiger partial charge on any atom is 0.315 e. The van der Waals surface area contributed by atoms with Gasteiger partial charge in [-0.25, -0.2) is 13.2 Å². The second-order valence-electron chi connectivity index (χ2n) is 15.3. The van der Waals surface area contributed by atoms with Gasteiger partial charge in [0.05, 0.1) is 17.3 Å². The lowest BCUT2D eigenvalue weighted by molar-refractivity contribution is -0.179. The molecule has 2 aliphatic heterocycles. The number of Topliss-reactive ketones (excluding diaryl/α,β-unsaturated/α-hetero) is 1. The third kappa shape index (κ3) is 8.68. The van der Waals surface area contributed by atoms with Gasteiger partial charge in [-0.15, -0.1) is 6.58 Å². The smallest absolute Gasteiger partial charge is 0.315 e. The van der Waals surface area contributed by atoms with E-state index in [0.29, 0.717) is 25.8 Å². The van der Waals surface area contributed by atoms with Crippen LogP contribution in [0.3, 0.4) is 0 Å². The van der Waals surface area contributed by atoms with Crippen molar-refractivity contribution in [1.29, 1.82) is 0 Å². The number of sulfone groups is 1. The van der Waals surface area contributed by atoms with Crippen LogP contribution in [0.15, 0.2) is 12.7 Å². The summed E-state index contributed by atoms with van der Waals surface area (Å²) in [6.45, 7) is 15.4. The van der Waals surface area contributed by atoms with Gasteiger partial charge in [0.1, 0.15) is 21.9 Å². The zero-order chi connectivity index (χ0) is 34.7. The van der Waals surface area contributed by atoms with Crippen LogP contribution in [-0.4, -0.2) is 91.6 Å². The Morgan fingerprint density at radius 1 is 1.04 bits per heavy atom. The van der Waals surface area contributed by atoms with Crippen molar-refractivity contribution >= 4 is 39.4 Å². The molecule has 2 heterocycles. The number of urea groups is 1. The standard InChI is InChI=1S/C33H55N5O7S/c1-9-14-23(25(39)28(41)34-17-10-2)35-27(40)24-22-18-21(32(22,6)7)19-38(24)29(42)26(31(3,4)5)36-30(43)37-33(20-46(8,44)45)15-12-11-13-16-33/h10,21-24,26H,2,9,11-20H2,1,3-8H3,(H,34,41)(H,35,40)(H2,36,37,43)/t21-,22+,23?,24?,26+/m0/s1. The van der Waals surface area contributed by atoms with Crippen molar-refractivity contribution < 1.29 is 32.4 Å². The second kappa shape index (κ2) is 14.4. The Hall–Kier alpha value is -2.96. The Morgan fingerprint density at radius 2 is 1.67 bits per heavy atom. The molecule has 5 amide bonds. The molecule has 2 saturated carbocycles. The van der Waals surface area contributed by atoms with Gasteiger partial charge in [-0.1, -0.05) is 73.3 Å². The second-order valence-corrected chi connectivity index (χ2v) is 17.5. The van der Waals surface area contributed by atoms with Crippen molar-refractivity contribution in [2.45, 2.75) is 117 Å². The molecule has 4 fully saturated rings. The Balaban J connectivity index is 1.87. The first-order valence-corrected chi connectivity index (χ1v) is 18.6. The molecule has 2 bridgehead atoms. The number of carbonyl (C=O) groups excluding carboxylic acids is 5. The van der Waals surface area contributed by atoms with Crippen LogP contribution < -0.4 is 21.3 Å². The van der Waals surface area contributed by atoms with E-state index < -0.39 is 68.5 Å². The van der Waals surface area contributed by atoms with E-state index in [0.717, 1.165) is 31.9 Å². The molecule has 46 heavy (non-hydrogen) atoms. The zero-order valence-corrected chi connectivity index (χ0v) is 29.5. The number of fused-ring (bicyclic) bond motifs is 2.